The molecule has 3 N–H and O–H groups in total. The van der Waals surface area contributed by atoms with Crippen LogP contribution in [-0.2, 0) is 4.79 Å². The Balaban J connectivity index is 2.31. The largest absolute Gasteiger partial charge is 0.497 e. The number of ether oxygens (including phenoxy) is 2. The normalized spacial score (nSPS) is 15.5. The number of nitrogens with zero attached hydrogens (tertiary/aromatic N) is 1. The first-order valence-electron chi connectivity index (χ1n) is 7.27. The van der Waals surface area contributed by atoms with Crippen LogP contribution in [0.5, 0.6) is 11.5 Å². The second kappa shape index (κ2) is 7.45. The number of rotatable bonds is 5. The fraction of sp³-hybridized carbons (Fsp3) is 0.235. The second-order valence-electron chi connectivity index (χ2n) is 5.13. The highest BCUT2D eigenvalue weighted by molar-refractivity contribution is 6.18. The zero-order valence-electron chi connectivity index (χ0n) is 14.1. The molecule has 1 aromatic rings. The molecule has 1 aliphatic heterocycles. The van der Waals surface area contributed by atoms with E-state index in [1.807, 2.05) is 19.9 Å². The average molecular weight is 328 g/mol. The summed E-state index contributed by atoms with van der Waals surface area (Å²) < 4.78 is 10.4. The van der Waals surface area contributed by atoms with E-state index in [1.54, 1.807) is 25.3 Å². The third kappa shape index (κ3) is 3.81. The molecule has 0 fully saturated rings. The first kappa shape index (κ1) is 17.3. The molecule has 0 spiro atoms. The maximum atomic E-state index is 12.5. The summed E-state index contributed by atoms with van der Waals surface area (Å²) in [7, 11) is 3.06. The predicted octanol–water partition coefficient (Wildman–Crippen LogP) is 2.47. The summed E-state index contributed by atoms with van der Waals surface area (Å²) in [6.45, 7) is 3.69. The lowest BCUT2D eigenvalue weighted by Crippen LogP contribution is -2.24. The summed E-state index contributed by atoms with van der Waals surface area (Å²) in [6, 6.07) is 5.06. The van der Waals surface area contributed by atoms with E-state index in [-0.39, 0.29) is 5.57 Å². The molecule has 0 unspecified atom stereocenters. The van der Waals surface area contributed by atoms with Crippen LogP contribution >= 0.6 is 0 Å². The van der Waals surface area contributed by atoms with Gasteiger partial charge in [-0.1, -0.05) is 0 Å². The molecule has 7 heteroatoms. The van der Waals surface area contributed by atoms with Crippen molar-refractivity contribution in [3.8, 4) is 11.5 Å². The monoisotopic (exact) mass is 328 g/mol. The molecule has 2 rings (SSSR count). The molecule has 0 atom stereocenters. The van der Waals surface area contributed by atoms with Gasteiger partial charge in [-0.15, -0.1) is 0 Å². The Morgan fingerprint density at radius 3 is 2.62 bits per heavy atom. The number of allylic oxidation sites excluding steroid dienone is 2. The fourth-order valence-corrected chi connectivity index (χ4v) is 2.23. The number of carbonyl (C=O) groups is 1. The topological polar surface area (TPSA) is 95.8 Å². The van der Waals surface area contributed by atoms with Crippen LogP contribution in [0.3, 0.4) is 0 Å². The van der Waals surface area contributed by atoms with Gasteiger partial charge in [0.1, 0.15) is 17.3 Å². The Labute approximate surface area is 140 Å². The number of hydrogen-bond acceptors (Lipinski definition) is 6. The van der Waals surface area contributed by atoms with Crippen LogP contribution in [0.2, 0.25) is 0 Å². The van der Waals surface area contributed by atoms with Gasteiger partial charge in [0.2, 0.25) is 0 Å². The SMILES string of the molecule is COc1ccc(NC(=O)/C(C=N)=C2\N=C(C)C=C(C)N2)c(OC)c1. The van der Waals surface area contributed by atoms with Crippen molar-refractivity contribution >= 4 is 23.5 Å². The van der Waals surface area contributed by atoms with E-state index in [1.165, 1.54) is 7.11 Å². The molecule has 1 aliphatic rings. The number of hydrogen-bond donors (Lipinski definition) is 3. The van der Waals surface area contributed by atoms with Crippen molar-refractivity contribution < 1.29 is 14.3 Å². The van der Waals surface area contributed by atoms with Gasteiger partial charge in [-0.2, -0.15) is 0 Å². The fourth-order valence-electron chi connectivity index (χ4n) is 2.23. The number of methoxy groups -OCH3 is 2. The van der Waals surface area contributed by atoms with Crippen molar-refractivity contribution in [1.29, 1.82) is 5.41 Å². The minimum atomic E-state index is -0.456. The minimum absolute atomic E-state index is 0.125. The lowest BCUT2D eigenvalue weighted by molar-refractivity contribution is -0.112. The molecule has 0 aromatic heterocycles. The number of amides is 1. The smallest absolute Gasteiger partial charge is 0.261 e. The summed E-state index contributed by atoms with van der Waals surface area (Å²) in [5.74, 6) is 0.963. The Kier molecular flexibility index (Phi) is 5.36. The van der Waals surface area contributed by atoms with E-state index in [0.717, 1.165) is 17.6 Å². The van der Waals surface area contributed by atoms with Crippen molar-refractivity contribution in [2.24, 2.45) is 4.99 Å². The molecule has 1 aromatic carbocycles. The number of nitrogens with one attached hydrogen (secondary N) is 3. The van der Waals surface area contributed by atoms with E-state index in [2.05, 4.69) is 15.6 Å². The Bertz CT molecular complexity index is 763. The van der Waals surface area contributed by atoms with Gasteiger partial charge in [-0.05, 0) is 32.1 Å². The molecule has 0 aliphatic carbocycles. The quantitative estimate of drug-likeness (QED) is 0.571. The number of carbonyl (C=O) groups excluding carboxylic acids is 1. The van der Waals surface area contributed by atoms with Crippen LogP contribution in [0, 0.1) is 5.41 Å². The van der Waals surface area contributed by atoms with Crippen LogP contribution in [0.25, 0.3) is 0 Å². The third-order valence-corrected chi connectivity index (χ3v) is 3.33. The molecule has 0 saturated carbocycles. The van der Waals surface area contributed by atoms with Gasteiger partial charge < -0.3 is 25.5 Å². The molecule has 0 bridgehead atoms. The maximum Gasteiger partial charge on any atom is 0.261 e. The van der Waals surface area contributed by atoms with Crippen LogP contribution in [0.4, 0.5) is 5.69 Å². The van der Waals surface area contributed by atoms with Crippen molar-refractivity contribution in [2.75, 3.05) is 19.5 Å². The molecule has 1 amide bonds. The van der Waals surface area contributed by atoms with E-state index >= 15 is 0 Å². The van der Waals surface area contributed by atoms with Crippen LogP contribution < -0.4 is 20.1 Å². The second-order valence-corrected chi connectivity index (χ2v) is 5.13. The highest BCUT2D eigenvalue weighted by atomic mass is 16.5. The van der Waals surface area contributed by atoms with Gasteiger partial charge >= 0.3 is 0 Å². The third-order valence-electron chi connectivity index (χ3n) is 3.33. The van der Waals surface area contributed by atoms with E-state index < -0.39 is 5.91 Å². The van der Waals surface area contributed by atoms with Crippen molar-refractivity contribution in [3.63, 3.8) is 0 Å². The van der Waals surface area contributed by atoms with E-state index in [4.69, 9.17) is 14.9 Å². The molecule has 1 heterocycles. The Morgan fingerprint density at radius 2 is 2.04 bits per heavy atom. The lowest BCUT2D eigenvalue weighted by atomic mass is 10.2. The minimum Gasteiger partial charge on any atom is -0.497 e. The molecular weight excluding hydrogens is 308 g/mol. The van der Waals surface area contributed by atoms with Crippen molar-refractivity contribution in [1.82, 2.24) is 5.32 Å². The van der Waals surface area contributed by atoms with Crippen LogP contribution in [-0.4, -0.2) is 32.1 Å². The number of benzene rings is 1. The Morgan fingerprint density at radius 1 is 1.29 bits per heavy atom. The molecule has 24 heavy (non-hydrogen) atoms. The lowest BCUT2D eigenvalue weighted by Gasteiger charge is -2.16. The zero-order valence-corrected chi connectivity index (χ0v) is 14.1. The summed E-state index contributed by atoms with van der Waals surface area (Å²) in [5.41, 5.74) is 2.22. The van der Waals surface area contributed by atoms with Gasteiger partial charge in [0.05, 0.1) is 25.5 Å². The summed E-state index contributed by atoms with van der Waals surface area (Å²) in [4.78, 5) is 16.8. The van der Waals surface area contributed by atoms with Crippen molar-refractivity contribution in [2.45, 2.75) is 13.8 Å². The molecule has 7 nitrogen and oxygen atoms in total. The van der Waals surface area contributed by atoms with E-state index in [9.17, 15) is 4.79 Å². The van der Waals surface area contributed by atoms with Gasteiger partial charge in [-0.3, -0.25) is 4.79 Å². The predicted molar refractivity (Wildman–Crippen MR) is 94.0 cm³/mol. The van der Waals surface area contributed by atoms with Gasteiger partial charge in [-0.25, -0.2) is 4.99 Å². The number of anilines is 1. The van der Waals surface area contributed by atoms with Crippen LogP contribution in [0.1, 0.15) is 13.8 Å². The Hall–Kier alpha value is -3.09. The standard InChI is InChI=1S/C17H20N4O3/c1-10-7-11(2)20-16(19-10)13(9-18)17(22)21-14-6-5-12(23-3)8-15(14)24-4/h5-9,18-19H,1-4H3,(H,21,22)/b16-13-,18-9?. The van der Waals surface area contributed by atoms with E-state index in [0.29, 0.717) is 23.0 Å². The highest BCUT2D eigenvalue weighted by Gasteiger charge is 2.18. The van der Waals surface area contributed by atoms with Crippen LogP contribution in [0.15, 0.2) is 46.4 Å². The molecule has 0 radical (unpaired) electrons. The molecule has 126 valence electrons. The first-order valence-corrected chi connectivity index (χ1v) is 7.27. The highest BCUT2D eigenvalue weighted by Crippen LogP contribution is 2.29. The van der Waals surface area contributed by atoms with Gasteiger partial charge in [0, 0.05) is 23.7 Å². The zero-order chi connectivity index (χ0) is 17.7. The maximum absolute atomic E-state index is 12.5. The summed E-state index contributed by atoms with van der Waals surface area (Å²) in [6.07, 6.45) is 2.83. The summed E-state index contributed by atoms with van der Waals surface area (Å²) >= 11 is 0. The molecular formula is C17H20N4O3. The van der Waals surface area contributed by atoms with Gasteiger partial charge in [0.15, 0.2) is 0 Å². The first-order chi connectivity index (χ1) is 11.5. The van der Waals surface area contributed by atoms with Gasteiger partial charge in [0.25, 0.3) is 5.91 Å². The molecule has 0 saturated heterocycles. The number of aliphatic imine (C=N–C) groups is 1. The summed E-state index contributed by atoms with van der Waals surface area (Å²) in [5, 5.41) is 13.3. The van der Waals surface area contributed by atoms with Crippen molar-refractivity contribution in [3.05, 3.63) is 41.4 Å². The average Bonchev–Trinajstić information content (AvgIpc) is 2.55.